The Morgan fingerprint density at radius 1 is 1.45 bits per heavy atom. The van der Waals surface area contributed by atoms with Crippen LogP contribution < -0.4 is 9.47 Å². The Labute approximate surface area is 130 Å². The molecule has 0 saturated heterocycles. The molecule has 8 heteroatoms. The van der Waals surface area contributed by atoms with Gasteiger partial charge in [-0.2, -0.15) is 4.98 Å². The topological polar surface area (TPSA) is 83.7 Å². The molecule has 0 fully saturated rings. The first-order valence-electron chi connectivity index (χ1n) is 6.35. The van der Waals surface area contributed by atoms with Crippen molar-refractivity contribution < 1.29 is 23.5 Å². The molecule has 114 valence electrons. The molecule has 1 aliphatic rings. The highest BCUT2D eigenvalue weighted by Crippen LogP contribution is 2.40. The normalized spacial score (nSPS) is 12.8. The molecule has 1 aliphatic heterocycles. The van der Waals surface area contributed by atoms with Crippen LogP contribution in [0, 0.1) is 6.92 Å². The first kappa shape index (κ1) is 14.4. The molecule has 22 heavy (non-hydrogen) atoms. The number of nitrogens with zero attached hydrogens (tertiary/aromatic N) is 2. The first-order chi connectivity index (χ1) is 10.6. The van der Waals surface area contributed by atoms with Crippen LogP contribution in [-0.2, 0) is 16.1 Å². The molecule has 1 aromatic carbocycles. The van der Waals surface area contributed by atoms with Gasteiger partial charge in [-0.1, -0.05) is 16.8 Å². The van der Waals surface area contributed by atoms with E-state index in [2.05, 4.69) is 10.1 Å². The molecule has 0 atom stereocenters. The van der Waals surface area contributed by atoms with E-state index in [9.17, 15) is 4.79 Å². The van der Waals surface area contributed by atoms with Crippen molar-refractivity contribution >= 4 is 23.6 Å². The standard InChI is InChI=1S/C14H11ClN2O5/c1-8-16-12(22-17-8)6-19-13(18)3-2-9-4-10(15)14-11(5-9)20-7-21-14/h2-5H,6-7H2,1H3/b3-2+. The van der Waals surface area contributed by atoms with Crippen LogP contribution in [0.5, 0.6) is 11.5 Å². The molecule has 1 aromatic heterocycles. The third-order valence-corrected chi connectivity index (χ3v) is 3.05. The lowest BCUT2D eigenvalue weighted by Crippen LogP contribution is -2.00. The number of carbonyl (C=O) groups is 1. The lowest BCUT2D eigenvalue weighted by molar-refractivity contribution is -0.139. The molecule has 7 nitrogen and oxygen atoms in total. The van der Waals surface area contributed by atoms with Gasteiger partial charge in [0.15, 0.2) is 23.9 Å². The molecular weight excluding hydrogens is 312 g/mol. The third kappa shape index (κ3) is 3.20. The molecule has 0 saturated carbocycles. The molecule has 0 N–H and O–H groups in total. The maximum atomic E-state index is 11.6. The number of ether oxygens (including phenoxy) is 3. The fourth-order valence-electron chi connectivity index (χ4n) is 1.83. The van der Waals surface area contributed by atoms with E-state index in [4.69, 9.17) is 30.3 Å². The molecule has 2 aromatic rings. The van der Waals surface area contributed by atoms with Gasteiger partial charge in [0.05, 0.1) is 5.02 Å². The van der Waals surface area contributed by atoms with Gasteiger partial charge in [0, 0.05) is 6.08 Å². The number of fused-ring (bicyclic) bond motifs is 1. The second kappa shape index (κ2) is 6.07. The van der Waals surface area contributed by atoms with Crippen LogP contribution in [0.3, 0.4) is 0 Å². The Hall–Kier alpha value is -2.54. The zero-order chi connectivity index (χ0) is 15.5. The molecule has 0 unspecified atom stereocenters. The van der Waals surface area contributed by atoms with Gasteiger partial charge in [-0.25, -0.2) is 4.79 Å². The van der Waals surface area contributed by atoms with Crippen molar-refractivity contribution in [3.8, 4) is 11.5 Å². The summed E-state index contributed by atoms with van der Waals surface area (Å²) in [6, 6.07) is 3.39. The van der Waals surface area contributed by atoms with E-state index in [0.29, 0.717) is 27.9 Å². The summed E-state index contributed by atoms with van der Waals surface area (Å²) >= 11 is 6.05. The fraction of sp³-hybridized carbons (Fsp3) is 0.214. The second-order valence-corrected chi connectivity index (χ2v) is 4.82. The monoisotopic (exact) mass is 322 g/mol. The van der Waals surface area contributed by atoms with Crippen LogP contribution in [-0.4, -0.2) is 22.9 Å². The summed E-state index contributed by atoms with van der Waals surface area (Å²) in [5.41, 5.74) is 0.694. The predicted octanol–water partition coefficient (Wildman–Crippen LogP) is 2.52. The molecule has 0 spiro atoms. The Morgan fingerprint density at radius 2 is 2.32 bits per heavy atom. The van der Waals surface area contributed by atoms with Gasteiger partial charge in [0.2, 0.25) is 6.79 Å². The number of aryl methyl sites for hydroxylation is 1. The number of halogens is 1. The van der Waals surface area contributed by atoms with Gasteiger partial charge in [-0.15, -0.1) is 0 Å². The number of benzene rings is 1. The Kier molecular flexibility index (Phi) is 3.97. The van der Waals surface area contributed by atoms with Gasteiger partial charge in [-0.05, 0) is 30.7 Å². The molecule has 0 radical (unpaired) electrons. The Bertz CT molecular complexity index is 741. The average Bonchev–Trinajstić information content (AvgIpc) is 3.12. The minimum atomic E-state index is -0.537. The molecule has 3 rings (SSSR count). The van der Waals surface area contributed by atoms with Crippen molar-refractivity contribution in [1.29, 1.82) is 0 Å². The number of aromatic nitrogens is 2. The van der Waals surface area contributed by atoms with Gasteiger partial charge in [-0.3, -0.25) is 0 Å². The zero-order valence-corrected chi connectivity index (χ0v) is 12.3. The quantitative estimate of drug-likeness (QED) is 0.631. The predicted molar refractivity (Wildman–Crippen MR) is 75.4 cm³/mol. The molecule has 2 heterocycles. The van der Waals surface area contributed by atoms with Crippen LogP contribution in [0.4, 0.5) is 0 Å². The van der Waals surface area contributed by atoms with Crippen molar-refractivity contribution in [2.24, 2.45) is 0 Å². The number of rotatable bonds is 4. The molecule has 0 bridgehead atoms. The number of hydrogen-bond acceptors (Lipinski definition) is 7. The summed E-state index contributed by atoms with van der Waals surface area (Å²) in [5.74, 6) is 1.24. The minimum Gasteiger partial charge on any atom is -0.454 e. The summed E-state index contributed by atoms with van der Waals surface area (Å²) < 4.78 is 20.3. The summed E-state index contributed by atoms with van der Waals surface area (Å²) in [5, 5.41) is 4.02. The van der Waals surface area contributed by atoms with E-state index in [1.54, 1.807) is 25.1 Å². The van der Waals surface area contributed by atoms with E-state index < -0.39 is 5.97 Å². The number of esters is 1. The lowest BCUT2D eigenvalue weighted by atomic mass is 10.2. The Balaban J connectivity index is 1.61. The number of hydrogen-bond donors (Lipinski definition) is 0. The van der Waals surface area contributed by atoms with Gasteiger partial charge >= 0.3 is 5.97 Å². The van der Waals surface area contributed by atoms with E-state index in [1.807, 2.05) is 0 Å². The van der Waals surface area contributed by atoms with Crippen LogP contribution in [0.1, 0.15) is 17.3 Å². The fourth-order valence-corrected chi connectivity index (χ4v) is 2.10. The highest BCUT2D eigenvalue weighted by molar-refractivity contribution is 6.32. The van der Waals surface area contributed by atoms with E-state index in [0.717, 1.165) is 0 Å². The van der Waals surface area contributed by atoms with E-state index in [1.165, 1.54) is 6.08 Å². The second-order valence-electron chi connectivity index (χ2n) is 4.41. The van der Waals surface area contributed by atoms with Crippen molar-refractivity contribution in [2.75, 3.05) is 6.79 Å². The van der Waals surface area contributed by atoms with Crippen LogP contribution in [0.2, 0.25) is 5.02 Å². The SMILES string of the molecule is Cc1noc(COC(=O)/C=C/c2cc(Cl)c3c(c2)OCO3)n1. The largest absolute Gasteiger partial charge is 0.454 e. The van der Waals surface area contributed by atoms with E-state index >= 15 is 0 Å². The van der Waals surface area contributed by atoms with Crippen LogP contribution in [0.25, 0.3) is 6.08 Å². The maximum Gasteiger partial charge on any atom is 0.331 e. The van der Waals surface area contributed by atoms with Crippen molar-refractivity contribution in [3.63, 3.8) is 0 Å². The molecule has 0 amide bonds. The summed E-state index contributed by atoms with van der Waals surface area (Å²) in [6.45, 7) is 1.73. The maximum absolute atomic E-state index is 11.6. The highest BCUT2D eigenvalue weighted by atomic mass is 35.5. The van der Waals surface area contributed by atoms with Gasteiger partial charge in [0.25, 0.3) is 5.89 Å². The summed E-state index contributed by atoms with van der Waals surface area (Å²) in [6.07, 6.45) is 2.84. The first-order valence-corrected chi connectivity index (χ1v) is 6.73. The van der Waals surface area contributed by atoms with Gasteiger partial charge < -0.3 is 18.7 Å². The average molecular weight is 323 g/mol. The van der Waals surface area contributed by atoms with Gasteiger partial charge in [0.1, 0.15) is 0 Å². The summed E-state index contributed by atoms with van der Waals surface area (Å²) in [7, 11) is 0. The third-order valence-electron chi connectivity index (χ3n) is 2.77. The summed E-state index contributed by atoms with van der Waals surface area (Å²) in [4.78, 5) is 15.6. The molecule has 0 aliphatic carbocycles. The lowest BCUT2D eigenvalue weighted by Gasteiger charge is -2.01. The highest BCUT2D eigenvalue weighted by Gasteiger charge is 2.17. The minimum absolute atomic E-state index is 0.0775. The van der Waals surface area contributed by atoms with Crippen molar-refractivity contribution in [3.05, 3.63) is 40.5 Å². The smallest absolute Gasteiger partial charge is 0.331 e. The van der Waals surface area contributed by atoms with Crippen LogP contribution in [0.15, 0.2) is 22.7 Å². The Morgan fingerprint density at radius 3 is 3.09 bits per heavy atom. The molecular formula is C14H11ClN2O5. The zero-order valence-electron chi connectivity index (χ0n) is 11.5. The van der Waals surface area contributed by atoms with Crippen molar-refractivity contribution in [1.82, 2.24) is 10.1 Å². The van der Waals surface area contributed by atoms with Crippen molar-refractivity contribution in [2.45, 2.75) is 13.5 Å². The van der Waals surface area contributed by atoms with E-state index in [-0.39, 0.29) is 19.3 Å². The van der Waals surface area contributed by atoms with Crippen LogP contribution >= 0.6 is 11.6 Å². The number of carbonyl (C=O) groups excluding carboxylic acids is 1.